The highest BCUT2D eigenvalue weighted by Crippen LogP contribution is 2.37. The van der Waals surface area contributed by atoms with Gasteiger partial charge in [0.25, 0.3) is 11.1 Å². The average molecular weight is 622 g/mol. The van der Waals surface area contributed by atoms with E-state index in [4.69, 9.17) is 32.1 Å². The number of anilines is 1. The summed E-state index contributed by atoms with van der Waals surface area (Å²) in [4.78, 5) is 37.9. The van der Waals surface area contributed by atoms with E-state index in [9.17, 15) is 22.8 Å². The fourth-order valence-electron chi connectivity index (χ4n) is 3.66. The summed E-state index contributed by atoms with van der Waals surface area (Å²) in [5, 5.41) is 2.76. The summed E-state index contributed by atoms with van der Waals surface area (Å²) in [5.41, 5.74) is 1.37. The number of benzene rings is 3. The Bertz CT molecular complexity index is 1600. The zero-order valence-corrected chi connectivity index (χ0v) is 24.3. The molecule has 1 aliphatic rings. The summed E-state index contributed by atoms with van der Waals surface area (Å²) in [7, 11) is -4.23. The molecule has 208 valence electrons. The van der Waals surface area contributed by atoms with E-state index in [1.54, 1.807) is 25.1 Å². The standard InChI is InChI=1S/C27H22Cl2N2O7S2/c1-3-37-24-13-17(7-12-23(24)38-40(35,36)19-10-8-18(9-11-19)30-16(2)32)14-25-26(33)31(27(34)39-25)15-20-21(28)5-4-6-22(20)29/h4-14H,3,15H2,1-2H3,(H,30,32)/b25-14-. The third-order valence-corrected chi connectivity index (χ3v) is 8.34. The molecule has 0 unspecified atom stereocenters. The van der Waals surface area contributed by atoms with Crippen molar-refractivity contribution in [3.63, 3.8) is 0 Å². The van der Waals surface area contributed by atoms with Gasteiger partial charge in [0.2, 0.25) is 5.91 Å². The van der Waals surface area contributed by atoms with Crippen molar-refractivity contribution in [2.24, 2.45) is 0 Å². The van der Waals surface area contributed by atoms with Crippen LogP contribution in [0.4, 0.5) is 10.5 Å². The Morgan fingerprint density at radius 3 is 2.33 bits per heavy atom. The van der Waals surface area contributed by atoms with Crippen LogP contribution in [-0.2, 0) is 26.3 Å². The van der Waals surface area contributed by atoms with E-state index in [1.165, 1.54) is 55.5 Å². The van der Waals surface area contributed by atoms with Gasteiger partial charge in [-0.3, -0.25) is 19.3 Å². The van der Waals surface area contributed by atoms with Crippen LogP contribution in [0.1, 0.15) is 25.0 Å². The molecule has 0 aromatic heterocycles. The van der Waals surface area contributed by atoms with Crippen LogP contribution >= 0.6 is 35.0 Å². The number of carbonyl (C=O) groups excluding carboxylic acids is 3. The van der Waals surface area contributed by atoms with Crippen LogP contribution in [0.5, 0.6) is 11.5 Å². The Balaban J connectivity index is 1.56. The number of hydrogen-bond donors (Lipinski definition) is 1. The van der Waals surface area contributed by atoms with E-state index in [2.05, 4.69) is 5.32 Å². The molecule has 0 bridgehead atoms. The molecule has 1 aliphatic heterocycles. The van der Waals surface area contributed by atoms with Crippen molar-refractivity contribution in [3.05, 3.63) is 86.7 Å². The van der Waals surface area contributed by atoms with Crippen molar-refractivity contribution in [1.29, 1.82) is 0 Å². The molecule has 13 heteroatoms. The molecule has 1 fully saturated rings. The average Bonchev–Trinajstić information content (AvgIpc) is 3.15. The van der Waals surface area contributed by atoms with Crippen LogP contribution in [0, 0.1) is 0 Å². The van der Waals surface area contributed by atoms with Gasteiger partial charge in [0.05, 0.1) is 18.1 Å². The van der Waals surface area contributed by atoms with E-state index < -0.39 is 21.3 Å². The summed E-state index contributed by atoms with van der Waals surface area (Å²) >= 11 is 13.2. The van der Waals surface area contributed by atoms with Crippen molar-refractivity contribution < 1.29 is 31.7 Å². The topological polar surface area (TPSA) is 119 Å². The van der Waals surface area contributed by atoms with Crippen molar-refractivity contribution >= 4 is 73.9 Å². The minimum Gasteiger partial charge on any atom is -0.490 e. The van der Waals surface area contributed by atoms with Gasteiger partial charge < -0.3 is 14.2 Å². The molecule has 0 radical (unpaired) electrons. The second-order valence-corrected chi connectivity index (χ2v) is 11.7. The maximum absolute atomic E-state index is 13.0. The van der Waals surface area contributed by atoms with Gasteiger partial charge in [-0.1, -0.05) is 35.3 Å². The molecule has 0 aliphatic carbocycles. The fraction of sp³-hybridized carbons (Fsp3) is 0.148. The van der Waals surface area contributed by atoms with Crippen LogP contribution in [0.2, 0.25) is 10.0 Å². The summed E-state index contributed by atoms with van der Waals surface area (Å²) in [6.07, 6.45) is 1.50. The highest BCUT2D eigenvalue weighted by atomic mass is 35.5. The van der Waals surface area contributed by atoms with Crippen LogP contribution < -0.4 is 14.2 Å². The Morgan fingerprint density at radius 1 is 1.02 bits per heavy atom. The van der Waals surface area contributed by atoms with E-state index in [0.29, 0.717) is 26.9 Å². The number of imide groups is 1. The molecular formula is C27H22Cl2N2O7S2. The van der Waals surface area contributed by atoms with E-state index in [0.717, 1.165) is 16.7 Å². The number of thioether (sulfide) groups is 1. The minimum atomic E-state index is -4.23. The summed E-state index contributed by atoms with van der Waals surface area (Å²) < 4.78 is 36.7. The Hall–Kier alpha value is -3.51. The van der Waals surface area contributed by atoms with Gasteiger partial charge >= 0.3 is 10.1 Å². The second kappa shape index (κ2) is 12.3. The van der Waals surface area contributed by atoms with Crippen molar-refractivity contribution in [2.75, 3.05) is 11.9 Å². The third-order valence-electron chi connectivity index (χ3n) is 5.48. The number of rotatable bonds is 9. The molecule has 1 N–H and O–H groups in total. The lowest BCUT2D eigenvalue weighted by Crippen LogP contribution is -2.27. The molecule has 3 aromatic rings. The molecule has 4 rings (SSSR count). The summed E-state index contributed by atoms with van der Waals surface area (Å²) in [5.74, 6) is -0.749. The molecule has 0 spiro atoms. The van der Waals surface area contributed by atoms with Gasteiger partial charge in [0.1, 0.15) is 4.90 Å². The number of nitrogens with zero attached hydrogens (tertiary/aromatic N) is 1. The van der Waals surface area contributed by atoms with Crippen molar-refractivity contribution in [3.8, 4) is 11.5 Å². The lowest BCUT2D eigenvalue weighted by molar-refractivity contribution is -0.123. The number of amides is 3. The van der Waals surface area contributed by atoms with Crippen LogP contribution in [0.3, 0.4) is 0 Å². The van der Waals surface area contributed by atoms with Crippen LogP contribution in [0.15, 0.2) is 70.5 Å². The van der Waals surface area contributed by atoms with E-state index in [-0.39, 0.29) is 40.4 Å². The largest absolute Gasteiger partial charge is 0.490 e. The molecule has 1 saturated heterocycles. The summed E-state index contributed by atoms with van der Waals surface area (Å²) in [6.45, 7) is 3.19. The normalized spacial score (nSPS) is 14.5. The van der Waals surface area contributed by atoms with E-state index >= 15 is 0 Å². The van der Waals surface area contributed by atoms with Crippen LogP contribution in [0.25, 0.3) is 6.08 Å². The number of ether oxygens (including phenoxy) is 1. The molecule has 3 amide bonds. The SMILES string of the molecule is CCOc1cc(/C=C2\SC(=O)N(Cc3c(Cl)cccc3Cl)C2=O)ccc1OS(=O)(=O)c1ccc(NC(C)=O)cc1. The molecule has 40 heavy (non-hydrogen) atoms. The van der Waals surface area contributed by atoms with Gasteiger partial charge in [-0.15, -0.1) is 0 Å². The number of nitrogens with one attached hydrogen (secondary N) is 1. The summed E-state index contributed by atoms with van der Waals surface area (Å²) in [6, 6.07) is 14.8. The number of carbonyl (C=O) groups is 3. The predicted octanol–water partition coefficient (Wildman–Crippen LogP) is 6.35. The first kappa shape index (κ1) is 29.5. The molecule has 0 atom stereocenters. The van der Waals surface area contributed by atoms with Crippen molar-refractivity contribution in [1.82, 2.24) is 4.90 Å². The minimum absolute atomic E-state index is 0.0635. The van der Waals surface area contributed by atoms with Gasteiger partial charge in [-0.05, 0) is 78.9 Å². The quantitative estimate of drug-likeness (QED) is 0.217. The monoisotopic (exact) mass is 620 g/mol. The maximum atomic E-state index is 13.0. The van der Waals surface area contributed by atoms with Gasteiger partial charge in [0.15, 0.2) is 11.5 Å². The molecule has 0 saturated carbocycles. The van der Waals surface area contributed by atoms with Gasteiger partial charge in [-0.2, -0.15) is 8.42 Å². The molecule has 3 aromatic carbocycles. The van der Waals surface area contributed by atoms with Gasteiger partial charge in [-0.25, -0.2) is 0 Å². The number of halogens is 2. The second-order valence-electron chi connectivity index (χ2n) is 8.35. The first-order valence-electron chi connectivity index (χ1n) is 11.8. The highest BCUT2D eigenvalue weighted by Gasteiger charge is 2.36. The Labute approximate surface area is 245 Å². The zero-order chi connectivity index (χ0) is 29.0. The Kier molecular flexibility index (Phi) is 9.09. The third kappa shape index (κ3) is 6.79. The Morgan fingerprint density at radius 2 is 1.70 bits per heavy atom. The lowest BCUT2D eigenvalue weighted by atomic mass is 10.1. The van der Waals surface area contributed by atoms with Crippen molar-refractivity contribution in [2.45, 2.75) is 25.3 Å². The number of hydrogen-bond acceptors (Lipinski definition) is 8. The maximum Gasteiger partial charge on any atom is 0.339 e. The lowest BCUT2D eigenvalue weighted by Gasteiger charge is -2.15. The molecule has 9 nitrogen and oxygen atoms in total. The first-order valence-corrected chi connectivity index (χ1v) is 14.7. The molecular weight excluding hydrogens is 599 g/mol. The highest BCUT2D eigenvalue weighted by molar-refractivity contribution is 8.18. The smallest absolute Gasteiger partial charge is 0.339 e. The zero-order valence-electron chi connectivity index (χ0n) is 21.1. The van der Waals surface area contributed by atoms with Crippen LogP contribution in [-0.4, -0.2) is 37.0 Å². The first-order chi connectivity index (χ1) is 19.0. The predicted molar refractivity (Wildman–Crippen MR) is 154 cm³/mol. The van der Waals surface area contributed by atoms with E-state index in [1.807, 2.05) is 0 Å². The molecule has 1 heterocycles. The van der Waals surface area contributed by atoms with Gasteiger partial charge in [0, 0.05) is 28.2 Å². The fourth-order valence-corrected chi connectivity index (χ4v) is 5.95.